The lowest BCUT2D eigenvalue weighted by molar-refractivity contribution is 0.0139. The van der Waals surface area contributed by atoms with Gasteiger partial charge in [-0.25, -0.2) is 9.97 Å². The van der Waals surface area contributed by atoms with Gasteiger partial charge in [0.25, 0.3) is 11.8 Å². The van der Waals surface area contributed by atoms with E-state index in [1.165, 1.54) is 16.2 Å². The molecule has 1 aliphatic carbocycles. The number of carbonyl (C=O) groups excluding carboxylic acids is 2. The van der Waals surface area contributed by atoms with Gasteiger partial charge in [-0.3, -0.25) is 24.8 Å². The zero-order valence-corrected chi connectivity index (χ0v) is 22.9. The molecule has 2 amide bonds. The lowest BCUT2D eigenvalue weighted by Gasteiger charge is -2.36. The minimum absolute atomic E-state index is 0.209. The standard InChI is InChI=1S/C28H28N6O3S2/c35-25(33-28-32-22-7-6-21(14-24(22)39-28)34-9-11-37-12-10-34)19-4-1-3-18(13-19)15-30-26(36)23-17-38-27(31-23)20-5-2-8-29-16-20/h1-5,8,13,16-17,21H,6-7,9-12,14-15H2,(H,30,36)(H,32,33,35). The predicted octanol–water partition coefficient (Wildman–Crippen LogP) is 4.03. The fourth-order valence-corrected chi connectivity index (χ4v) is 6.79. The van der Waals surface area contributed by atoms with Gasteiger partial charge in [0, 0.05) is 59.5 Å². The summed E-state index contributed by atoms with van der Waals surface area (Å²) in [7, 11) is 0. The number of amides is 2. The maximum Gasteiger partial charge on any atom is 0.271 e. The first-order valence-corrected chi connectivity index (χ1v) is 14.7. The van der Waals surface area contributed by atoms with E-state index < -0.39 is 0 Å². The average molecular weight is 561 g/mol. The monoisotopic (exact) mass is 560 g/mol. The first-order chi connectivity index (χ1) is 19.1. The van der Waals surface area contributed by atoms with Crippen molar-refractivity contribution in [3.63, 3.8) is 0 Å². The van der Waals surface area contributed by atoms with Gasteiger partial charge < -0.3 is 10.1 Å². The molecule has 4 heterocycles. The van der Waals surface area contributed by atoms with Crippen LogP contribution in [0, 0.1) is 0 Å². The molecule has 1 unspecified atom stereocenters. The van der Waals surface area contributed by atoms with Crippen LogP contribution >= 0.6 is 22.7 Å². The van der Waals surface area contributed by atoms with Gasteiger partial charge in [-0.15, -0.1) is 22.7 Å². The smallest absolute Gasteiger partial charge is 0.271 e. The molecule has 1 atom stereocenters. The molecule has 0 bridgehead atoms. The van der Waals surface area contributed by atoms with E-state index in [4.69, 9.17) is 9.72 Å². The highest BCUT2D eigenvalue weighted by molar-refractivity contribution is 7.16. The predicted molar refractivity (Wildman–Crippen MR) is 151 cm³/mol. The number of aromatic nitrogens is 3. The molecule has 0 saturated carbocycles. The number of pyridine rings is 1. The van der Waals surface area contributed by atoms with Crippen molar-refractivity contribution < 1.29 is 14.3 Å². The van der Waals surface area contributed by atoms with Crippen molar-refractivity contribution in [2.45, 2.75) is 31.8 Å². The summed E-state index contributed by atoms with van der Waals surface area (Å²) in [6.07, 6.45) is 6.41. The molecule has 39 heavy (non-hydrogen) atoms. The highest BCUT2D eigenvalue weighted by atomic mass is 32.1. The van der Waals surface area contributed by atoms with E-state index in [1.54, 1.807) is 41.2 Å². The van der Waals surface area contributed by atoms with E-state index in [0.717, 1.165) is 67.4 Å². The molecule has 1 fully saturated rings. The molecular weight excluding hydrogens is 532 g/mol. The summed E-state index contributed by atoms with van der Waals surface area (Å²) in [6.45, 7) is 3.85. The Labute approximate surface area is 234 Å². The number of nitrogens with one attached hydrogen (secondary N) is 2. The number of anilines is 1. The van der Waals surface area contributed by atoms with Crippen LogP contribution in [0.1, 0.15) is 43.4 Å². The first-order valence-electron chi connectivity index (χ1n) is 13.0. The van der Waals surface area contributed by atoms with Crippen LogP contribution in [0.3, 0.4) is 0 Å². The number of benzene rings is 1. The number of ether oxygens (including phenoxy) is 1. The van der Waals surface area contributed by atoms with Gasteiger partial charge in [-0.1, -0.05) is 12.1 Å². The van der Waals surface area contributed by atoms with Crippen LogP contribution in [0.15, 0.2) is 54.2 Å². The molecule has 4 aromatic rings. The van der Waals surface area contributed by atoms with Gasteiger partial charge in [0.15, 0.2) is 5.13 Å². The number of hydrogen-bond acceptors (Lipinski definition) is 9. The Bertz CT molecular complexity index is 1460. The number of carbonyl (C=O) groups is 2. The molecule has 6 rings (SSSR count). The van der Waals surface area contributed by atoms with Crippen molar-refractivity contribution in [2.24, 2.45) is 0 Å². The summed E-state index contributed by atoms with van der Waals surface area (Å²) in [6, 6.07) is 11.5. The minimum atomic E-state index is -0.264. The van der Waals surface area contributed by atoms with Gasteiger partial charge in [-0.05, 0) is 49.1 Å². The maximum absolute atomic E-state index is 13.0. The lowest BCUT2D eigenvalue weighted by atomic mass is 9.96. The molecular formula is C28H28N6O3S2. The number of rotatable bonds is 7. The number of morpholine rings is 1. The summed E-state index contributed by atoms with van der Waals surface area (Å²) in [5.41, 5.74) is 3.68. The topological polar surface area (TPSA) is 109 Å². The minimum Gasteiger partial charge on any atom is -0.379 e. The Balaban J connectivity index is 1.05. The zero-order valence-electron chi connectivity index (χ0n) is 21.3. The summed E-state index contributed by atoms with van der Waals surface area (Å²) in [5, 5.41) is 8.99. The second kappa shape index (κ2) is 11.7. The zero-order chi connectivity index (χ0) is 26.6. The SMILES string of the molecule is O=C(Nc1nc2c(s1)CC(N1CCOCC1)CC2)c1cccc(CNC(=O)c2csc(-c3cccnc3)n2)c1. The Morgan fingerprint density at radius 3 is 2.85 bits per heavy atom. The first kappa shape index (κ1) is 25.8. The Hall–Kier alpha value is -3.51. The highest BCUT2D eigenvalue weighted by Crippen LogP contribution is 2.32. The fourth-order valence-electron chi connectivity index (χ4n) is 4.93. The van der Waals surface area contributed by atoms with Crippen molar-refractivity contribution in [3.8, 4) is 10.6 Å². The van der Waals surface area contributed by atoms with Crippen LogP contribution < -0.4 is 10.6 Å². The number of aryl methyl sites for hydroxylation is 1. The Morgan fingerprint density at radius 1 is 1.10 bits per heavy atom. The van der Waals surface area contributed by atoms with Gasteiger partial charge in [-0.2, -0.15) is 0 Å². The Kier molecular flexibility index (Phi) is 7.73. The van der Waals surface area contributed by atoms with Gasteiger partial charge >= 0.3 is 0 Å². The van der Waals surface area contributed by atoms with Crippen molar-refractivity contribution in [2.75, 3.05) is 31.6 Å². The van der Waals surface area contributed by atoms with Crippen LogP contribution in [0.25, 0.3) is 10.6 Å². The van der Waals surface area contributed by atoms with Crippen LogP contribution in [0.5, 0.6) is 0 Å². The van der Waals surface area contributed by atoms with Crippen molar-refractivity contribution in [1.82, 2.24) is 25.2 Å². The summed E-state index contributed by atoms with van der Waals surface area (Å²) < 4.78 is 5.50. The average Bonchev–Trinajstić information content (AvgIpc) is 3.64. The molecule has 1 saturated heterocycles. The lowest BCUT2D eigenvalue weighted by Crippen LogP contribution is -2.45. The molecule has 2 N–H and O–H groups in total. The van der Waals surface area contributed by atoms with Crippen LogP contribution in [0.2, 0.25) is 0 Å². The second-order valence-corrected chi connectivity index (χ2v) is 11.5. The number of fused-ring (bicyclic) bond motifs is 1. The molecule has 11 heteroatoms. The van der Waals surface area contributed by atoms with E-state index in [2.05, 4.69) is 25.5 Å². The second-order valence-electron chi connectivity index (χ2n) is 9.55. The van der Waals surface area contributed by atoms with Crippen LogP contribution in [-0.4, -0.2) is 64.0 Å². The van der Waals surface area contributed by atoms with Gasteiger partial charge in [0.2, 0.25) is 0 Å². The fraction of sp³-hybridized carbons (Fsp3) is 0.321. The van der Waals surface area contributed by atoms with E-state index in [0.29, 0.717) is 22.4 Å². The molecule has 2 aliphatic rings. The van der Waals surface area contributed by atoms with E-state index in [1.807, 2.05) is 24.3 Å². The van der Waals surface area contributed by atoms with Crippen molar-refractivity contribution >= 4 is 39.6 Å². The molecule has 0 radical (unpaired) electrons. The quantitative estimate of drug-likeness (QED) is 0.351. The van der Waals surface area contributed by atoms with Crippen molar-refractivity contribution in [3.05, 3.63) is 81.6 Å². The van der Waals surface area contributed by atoms with Gasteiger partial charge in [0.05, 0.1) is 18.9 Å². The maximum atomic E-state index is 13.0. The molecule has 1 aromatic carbocycles. The number of nitrogens with zero attached hydrogens (tertiary/aromatic N) is 4. The molecule has 200 valence electrons. The molecule has 1 aliphatic heterocycles. The summed E-state index contributed by atoms with van der Waals surface area (Å²) in [4.78, 5) is 42.7. The Morgan fingerprint density at radius 2 is 2.00 bits per heavy atom. The molecule has 9 nitrogen and oxygen atoms in total. The van der Waals surface area contributed by atoms with E-state index in [9.17, 15) is 9.59 Å². The van der Waals surface area contributed by atoms with Crippen LogP contribution in [-0.2, 0) is 24.1 Å². The third-order valence-electron chi connectivity index (χ3n) is 6.98. The van der Waals surface area contributed by atoms with E-state index >= 15 is 0 Å². The summed E-state index contributed by atoms with van der Waals surface area (Å²) in [5.74, 6) is -0.473. The largest absolute Gasteiger partial charge is 0.379 e. The van der Waals surface area contributed by atoms with E-state index in [-0.39, 0.29) is 18.4 Å². The number of hydrogen-bond donors (Lipinski definition) is 2. The normalized spacial score (nSPS) is 17.4. The third-order valence-corrected chi connectivity index (χ3v) is 8.91. The van der Waals surface area contributed by atoms with Crippen molar-refractivity contribution in [1.29, 1.82) is 0 Å². The molecule has 0 spiro atoms. The number of thiazole rings is 2. The molecule has 3 aromatic heterocycles. The van der Waals surface area contributed by atoms with Crippen LogP contribution in [0.4, 0.5) is 5.13 Å². The highest BCUT2D eigenvalue weighted by Gasteiger charge is 2.28. The van der Waals surface area contributed by atoms with Gasteiger partial charge in [0.1, 0.15) is 10.7 Å². The third kappa shape index (κ3) is 6.06. The summed E-state index contributed by atoms with van der Waals surface area (Å²) >= 11 is 2.97.